The largest absolute Gasteiger partial charge is 0.350 e. The van der Waals surface area contributed by atoms with Crippen LogP contribution in [0.1, 0.15) is 41.5 Å². The van der Waals surface area contributed by atoms with Gasteiger partial charge in [-0.05, 0) is 41.5 Å². The maximum Gasteiger partial charge on any atom is 0.237 e. The summed E-state index contributed by atoms with van der Waals surface area (Å²) in [5.41, 5.74) is -0.205. The highest BCUT2D eigenvalue weighted by Crippen LogP contribution is 2.09. The summed E-state index contributed by atoms with van der Waals surface area (Å²) in [6.45, 7) is 17.3. The smallest absolute Gasteiger partial charge is 0.237 e. The van der Waals surface area contributed by atoms with E-state index < -0.39 is 0 Å². The Morgan fingerprint density at radius 2 is 1.61 bits per heavy atom. The predicted molar refractivity (Wildman–Crippen MR) is 93.3 cm³/mol. The van der Waals surface area contributed by atoms with E-state index in [2.05, 4.69) is 15.1 Å². The van der Waals surface area contributed by atoms with Crippen molar-refractivity contribution in [3.05, 3.63) is 0 Å². The number of amides is 2. The molecule has 0 aromatic rings. The highest BCUT2D eigenvalue weighted by Gasteiger charge is 2.28. The van der Waals surface area contributed by atoms with Crippen LogP contribution < -0.4 is 5.32 Å². The van der Waals surface area contributed by atoms with E-state index in [1.165, 1.54) is 0 Å². The number of carbonyl (C=O) groups is 2. The predicted octanol–water partition coefficient (Wildman–Crippen LogP) is 0.776. The number of nitrogens with one attached hydrogen (secondary N) is 1. The molecule has 0 aromatic carbocycles. The first-order chi connectivity index (χ1) is 10.7. The van der Waals surface area contributed by atoms with Crippen molar-refractivity contribution in [1.29, 1.82) is 0 Å². The molecule has 1 aliphatic heterocycles. The van der Waals surface area contributed by atoms with Gasteiger partial charge >= 0.3 is 0 Å². The van der Waals surface area contributed by atoms with E-state index in [1.54, 1.807) is 0 Å². The molecule has 2 amide bonds. The summed E-state index contributed by atoms with van der Waals surface area (Å²) < 4.78 is 0. The Morgan fingerprint density at radius 1 is 1.09 bits per heavy atom. The lowest BCUT2D eigenvalue weighted by Crippen LogP contribution is -2.57. The zero-order valence-electron chi connectivity index (χ0n) is 15.7. The summed E-state index contributed by atoms with van der Waals surface area (Å²) in [7, 11) is 0. The fourth-order valence-corrected chi connectivity index (χ4v) is 2.82. The van der Waals surface area contributed by atoms with Crippen molar-refractivity contribution in [1.82, 2.24) is 20.0 Å². The van der Waals surface area contributed by atoms with E-state index in [-0.39, 0.29) is 23.4 Å². The number of rotatable bonds is 6. The van der Waals surface area contributed by atoms with Gasteiger partial charge in [-0.3, -0.25) is 19.4 Å². The molecule has 1 rings (SSSR count). The van der Waals surface area contributed by atoms with Gasteiger partial charge in [0.2, 0.25) is 11.8 Å². The van der Waals surface area contributed by atoms with Crippen molar-refractivity contribution < 1.29 is 9.59 Å². The Hall–Kier alpha value is -1.14. The van der Waals surface area contributed by atoms with Crippen LogP contribution in [0.2, 0.25) is 0 Å². The number of hydrogen-bond acceptors (Lipinski definition) is 4. The third kappa shape index (κ3) is 6.47. The van der Waals surface area contributed by atoms with Crippen LogP contribution in [0.4, 0.5) is 0 Å². The molecule has 134 valence electrons. The van der Waals surface area contributed by atoms with E-state index in [0.29, 0.717) is 6.54 Å². The average Bonchev–Trinajstić information content (AvgIpc) is 2.46. The van der Waals surface area contributed by atoms with Gasteiger partial charge < -0.3 is 10.2 Å². The maximum atomic E-state index is 12.3. The molecule has 23 heavy (non-hydrogen) atoms. The Balaban J connectivity index is 2.43. The first-order valence-corrected chi connectivity index (χ1v) is 8.74. The summed E-state index contributed by atoms with van der Waals surface area (Å²) in [5.74, 6) is 0.271. The van der Waals surface area contributed by atoms with Crippen molar-refractivity contribution in [2.75, 3.05) is 45.8 Å². The monoisotopic (exact) mass is 326 g/mol. The van der Waals surface area contributed by atoms with Gasteiger partial charge in [-0.15, -0.1) is 0 Å². The summed E-state index contributed by atoms with van der Waals surface area (Å²) >= 11 is 0. The fraction of sp³-hybridized carbons (Fsp3) is 0.882. The molecule has 6 heteroatoms. The Morgan fingerprint density at radius 3 is 2.04 bits per heavy atom. The van der Waals surface area contributed by atoms with Gasteiger partial charge in [-0.2, -0.15) is 0 Å². The number of piperazine rings is 1. The van der Waals surface area contributed by atoms with Crippen LogP contribution >= 0.6 is 0 Å². The maximum absolute atomic E-state index is 12.3. The quantitative estimate of drug-likeness (QED) is 0.783. The second-order valence-corrected chi connectivity index (χ2v) is 7.29. The molecule has 0 bridgehead atoms. The summed E-state index contributed by atoms with van der Waals surface area (Å²) in [6.07, 6.45) is 0. The lowest BCUT2D eigenvalue weighted by molar-refractivity contribution is -0.133. The zero-order valence-corrected chi connectivity index (χ0v) is 15.7. The minimum Gasteiger partial charge on any atom is -0.350 e. The number of nitrogens with zero attached hydrogens (tertiary/aromatic N) is 3. The Labute approximate surface area is 141 Å². The fourth-order valence-electron chi connectivity index (χ4n) is 2.82. The second kappa shape index (κ2) is 8.64. The molecule has 0 spiro atoms. The highest BCUT2D eigenvalue weighted by atomic mass is 16.2. The second-order valence-electron chi connectivity index (χ2n) is 7.29. The van der Waals surface area contributed by atoms with Gasteiger partial charge in [-0.1, -0.05) is 0 Å². The molecule has 1 heterocycles. The molecule has 1 fully saturated rings. The van der Waals surface area contributed by atoms with Crippen LogP contribution in [-0.4, -0.2) is 83.9 Å². The normalized spacial score (nSPS) is 18.5. The van der Waals surface area contributed by atoms with Crippen molar-refractivity contribution in [2.24, 2.45) is 0 Å². The SMILES string of the molecule is CCN(CC)C(=O)CN1CCN(C(C)C(=O)NC(C)(C)C)CC1. The summed E-state index contributed by atoms with van der Waals surface area (Å²) in [5, 5.41) is 3.03. The third-order valence-corrected chi connectivity index (χ3v) is 4.31. The lowest BCUT2D eigenvalue weighted by atomic mass is 10.1. The van der Waals surface area contributed by atoms with E-state index >= 15 is 0 Å². The topological polar surface area (TPSA) is 55.9 Å². The van der Waals surface area contributed by atoms with Gasteiger partial charge in [0.05, 0.1) is 12.6 Å². The number of likely N-dealkylation sites (N-methyl/N-ethyl adjacent to an activating group) is 1. The summed E-state index contributed by atoms with van der Waals surface area (Å²) in [6, 6.07) is -0.130. The van der Waals surface area contributed by atoms with E-state index in [1.807, 2.05) is 46.4 Å². The van der Waals surface area contributed by atoms with E-state index in [0.717, 1.165) is 39.3 Å². The number of carbonyl (C=O) groups excluding carboxylic acids is 2. The van der Waals surface area contributed by atoms with Crippen LogP contribution in [0.5, 0.6) is 0 Å². The van der Waals surface area contributed by atoms with Crippen molar-refractivity contribution in [2.45, 2.75) is 53.1 Å². The minimum atomic E-state index is -0.205. The van der Waals surface area contributed by atoms with Crippen LogP contribution in [0, 0.1) is 0 Å². The molecule has 1 unspecified atom stereocenters. The zero-order chi connectivity index (χ0) is 17.6. The third-order valence-electron chi connectivity index (χ3n) is 4.31. The minimum absolute atomic E-state index is 0.0742. The van der Waals surface area contributed by atoms with Crippen LogP contribution in [0.25, 0.3) is 0 Å². The molecular weight excluding hydrogens is 292 g/mol. The highest BCUT2D eigenvalue weighted by molar-refractivity contribution is 5.82. The van der Waals surface area contributed by atoms with Gasteiger partial charge in [0.25, 0.3) is 0 Å². The van der Waals surface area contributed by atoms with Gasteiger partial charge in [0.1, 0.15) is 0 Å². The lowest BCUT2D eigenvalue weighted by Gasteiger charge is -2.38. The van der Waals surface area contributed by atoms with Crippen LogP contribution in [0.3, 0.4) is 0 Å². The average molecular weight is 326 g/mol. The molecular formula is C17H34N4O2. The first kappa shape index (κ1) is 19.9. The molecule has 6 nitrogen and oxygen atoms in total. The molecule has 0 radical (unpaired) electrons. The van der Waals surface area contributed by atoms with Gasteiger partial charge in [-0.25, -0.2) is 0 Å². The van der Waals surface area contributed by atoms with Gasteiger partial charge in [0.15, 0.2) is 0 Å². The Kier molecular flexibility index (Phi) is 7.48. The molecule has 1 saturated heterocycles. The molecule has 0 saturated carbocycles. The number of hydrogen-bond donors (Lipinski definition) is 1. The standard InChI is InChI=1S/C17H34N4O2/c1-7-20(8-2)15(22)13-19-9-11-21(12-10-19)14(3)16(23)18-17(4,5)6/h14H,7-13H2,1-6H3,(H,18,23). The summed E-state index contributed by atoms with van der Waals surface area (Å²) in [4.78, 5) is 30.7. The van der Waals surface area contributed by atoms with Crippen molar-refractivity contribution >= 4 is 11.8 Å². The van der Waals surface area contributed by atoms with E-state index in [4.69, 9.17) is 0 Å². The molecule has 0 aliphatic carbocycles. The first-order valence-electron chi connectivity index (χ1n) is 8.74. The van der Waals surface area contributed by atoms with Gasteiger partial charge in [0, 0.05) is 44.8 Å². The van der Waals surface area contributed by atoms with Crippen LogP contribution in [-0.2, 0) is 9.59 Å². The molecule has 1 atom stereocenters. The van der Waals surface area contributed by atoms with Crippen molar-refractivity contribution in [3.63, 3.8) is 0 Å². The Bertz CT molecular complexity index is 394. The molecule has 0 aromatic heterocycles. The van der Waals surface area contributed by atoms with E-state index in [9.17, 15) is 9.59 Å². The van der Waals surface area contributed by atoms with Crippen molar-refractivity contribution in [3.8, 4) is 0 Å². The van der Waals surface area contributed by atoms with Crippen LogP contribution in [0.15, 0.2) is 0 Å². The molecule has 1 aliphatic rings. The molecule has 1 N–H and O–H groups in total.